The second-order valence-corrected chi connectivity index (χ2v) is 17.9. The fraction of sp³-hybridized carbons (Fsp3) is 0.263. The van der Waals surface area contributed by atoms with E-state index in [1.807, 2.05) is 0 Å². The van der Waals surface area contributed by atoms with Gasteiger partial charge in [-0.2, -0.15) is 0 Å². The van der Waals surface area contributed by atoms with E-state index in [0.717, 1.165) is 0 Å². The first kappa shape index (κ1) is 37.4. The molecule has 2 saturated carbocycles. The quantitative estimate of drug-likeness (QED) is 0.144. The fourth-order valence-electron chi connectivity index (χ4n) is 11.0. The summed E-state index contributed by atoms with van der Waals surface area (Å²) in [5.41, 5.74) is 16.9. The molecule has 2 fully saturated rings. The van der Waals surface area contributed by atoms with E-state index in [4.69, 9.17) is 0 Å². The van der Waals surface area contributed by atoms with Crippen LogP contribution in [0.4, 0.5) is 34.1 Å². The van der Waals surface area contributed by atoms with Crippen molar-refractivity contribution in [2.75, 3.05) is 9.80 Å². The van der Waals surface area contributed by atoms with E-state index < -0.39 is 0 Å². The third-order valence-electron chi connectivity index (χ3n) is 14.1. The second kappa shape index (κ2) is 15.7. The number of nitrogens with zero attached hydrogens (tertiary/aromatic N) is 2. The highest BCUT2D eigenvalue weighted by atomic mass is 15.1. The number of anilines is 6. The van der Waals surface area contributed by atoms with Gasteiger partial charge in [-0.15, -0.1) is 0 Å². The van der Waals surface area contributed by atoms with E-state index in [-0.39, 0.29) is 10.8 Å². The van der Waals surface area contributed by atoms with Crippen LogP contribution in [0.3, 0.4) is 0 Å². The molecule has 0 aliphatic heterocycles. The Balaban J connectivity index is 0.988. The minimum atomic E-state index is -0.0189. The van der Waals surface area contributed by atoms with Gasteiger partial charge in [0.05, 0.1) is 0 Å². The van der Waals surface area contributed by atoms with E-state index >= 15 is 0 Å². The van der Waals surface area contributed by atoms with Gasteiger partial charge in [0, 0.05) is 45.0 Å². The van der Waals surface area contributed by atoms with E-state index in [0.29, 0.717) is 5.92 Å². The van der Waals surface area contributed by atoms with E-state index in [1.165, 1.54) is 137 Å². The molecule has 3 aliphatic rings. The Bertz CT molecular complexity index is 2500. The Morgan fingerprint density at radius 3 is 1.41 bits per heavy atom. The number of rotatable bonds is 9. The summed E-state index contributed by atoms with van der Waals surface area (Å²) in [4.78, 5) is 4.85. The normalized spacial score (nSPS) is 16.8. The number of hydrogen-bond acceptors (Lipinski definition) is 2. The number of benzene rings is 7. The van der Waals surface area contributed by atoms with Gasteiger partial charge in [0.2, 0.25) is 0 Å². The van der Waals surface area contributed by atoms with Crippen molar-refractivity contribution in [2.45, 2.75) is 94.8 Å². The molecular formula is C57H56N2. The molecule has 0 bridgehead atoms. The van der Waals surface area contributed by atoms with Crippen LogP contribution in [0, 0.1) is 0 Å². The summed E-state index contributed by atoms with van der Waals surface area (Å²) in [6, 6.07) is 66.4. The minimum Gasteiger partial charge on any atom is -0.311 e. The Labute approximate surface area is 352 Å². The molecule has 0 atom stereocenters. The highest BCUT2D eigenvalue weighted by Crippen LogP contribution is 2.51. The summed E-state index contributed by atoms with van der Waals surface area (Å²) in [6.45, 7) is 4.71. The van der Waals surface area contributed by atoms with Gasteiger partial charge in [-0.3, -0.25) is 0 Å². The first-order valence-corrected chi connectivity index (χ1v) is 22.3. The maximum atomic E-state index is 2.43. The molecule has 0 aromatic heterocycles. The molecule has 0 spiro atoms. The zero-order valence-electron chi connectivity index (χ0n) is 34.8. The van der Waals surface area contributed by atoms with Crippen LogP contribution in [-0.2, 0) is 10.8 Å². The van der Waals surface area contributed by atoms with Crippen molar-refractivity contribution < 1.29 is 0 Å². The van der Waals surface area contributed by atoms with Gasteiger partial charge in [-0.1, -0.05) is 156 Å². The number of fused-ring (bicyclic) bond motifs is 3. The van der Waals surface area contributed by atoms with E-state index in [2.05, 4.69) is 200 Å². The van der Waals surface area contributed by atoms with Crippen molar-refractivity contribution in [3.8, 4) is 11.1 Å². The van der Waals surface area contributed by atoms with Gasteiger partial charge in [-0.05, 0) is 143 Å². The molecule has 294 valence electrons. The summed E-state index contributed by atoms with van der Waals surface area (Å²) in [6.07, 6.45) is 12.9. The molecule has 10 rings (SSSR count). The van der Waals surface area contributed by atoms with Gasteiger partial charge >= 0.3 is 0 Å². The maximum absolute atomic E-state index is 2.43. The highest BCUT2D eigenvalue weighted by molar-refractivity contribution is 5.86. The van der Waals surface area contributed by atoms with Crippen LogP contribution >= 0.6 is 0 Å². The lowest BCUT2D eigenvalue weighted by molar-refractivity contribution is 0.346. The van der Waals surface area contributed by atoms with Crippen LogP contribution < -0.4 is 9.80 Å². The monoisotopic (exact) mass is 768 g/mol. The van der Waals surface area contributed by atoms with Crippen LogP contribution in [0.25, 0.3) is 11.1 Å². The Hall–Kier alpha value is -5.86. The topological polar surface area (TPSA) is 6.48 Å². The van der Waals surface area contributed by atoms with Crippen molar-refractivity contribution in [2.24, 2.45) is 0 Å². The van der Waals surface area contributed by atoms with Crippen LogP contribution in [0.2, 0.25) is 0 Å². The zero-order valence-corrected chi connectivity index (χ0v) is 34.8. The molecule has 0 saturated heterocycles. The lowest BCUT2D eigenvalue weighted by Gasteiger charge is -2.39. The smallest absolute Gasteiger partial charge is 0.0468 e. The minimum absolute atomic E-state index is 0.0181. The molecule has 0 unspecified atom stereocenters. The third kappa shape index (κ3) is 6.87. The summed E-state index contributed by atoms with van der Waals surface area (Å²) in [5, 5.41) is 0. The van der Waals surface area contributed by atoms with E-state index in [1.54, 1.807) is 0 Å². The Morgan fingerprint density at radius 1 is 0.390 bits per heavy atom. The number of hydrogen-bond donors (Lipinski definition) is 0. The molecule has 0 N–H and O–H groups in total. The number of para-hydroxylation sites is 2. The molecular weight excluding hydrogens is 713 g/mol. The molecule has 0 amide bonds. The summed E-state index contributed by atoms with van der Waals surface area (Å²) < 4.78 is 0. The Kier molecular flexibility index (Phi) is 9.97. The van der Waals surface area contributed by atoms with Crippen LogP contribution in [0.1, 0.15) is 112 Å². The van der Waals surface area contributed by atoms with Crippen LogP contribution in [0.15, 0.2) is 176 Å². The third-order valence-corrected chi connectivity index (χ3v) is 14.1. The summed E-state index contributed by atoms with van der Waals surface area (Å²) in [7, 11) is 0. The van der Waals surface area contributed by atoms with Crippen molar-refractivity contribution in [1.82, 2.24) is 0 Å². The zero-order chi connectivity index (χ0) is 39.8. The predicted molar refractivity (Wildman–Crippen MR) is 250 cm³/mol. The van der Waals surface area contributed by atoms with Gasteiger partial charge in [0.15, 0.2) is 0 Å². The fourth-order valence-corrected chi connectivity index (χ4v) is 11.0. The van der Waals surface area contributed by atoms with Crippen LogP contribution in [0.5, 0.6) is 0 Å². The molecule has 59 heavy (non-hydrogen) atoms. The van der Waals surface area contributed by atoms with Crippen molar-refractivity contribution in [3.63, 3.8) is 0 Å². The van der Waals surface area contributed by atoms with Crippen molar-refractivity contribution in [3.05, 3.63) is 204 Å². The van der Waals surface area contributed by atoms with Crippen molar-refractivity contribution in [1.29, 1.82) is 0 Å². The predicted octanol–water partition coefficient (Wildman–Crippen LogP) is 16.2. The van der Waals surface area contributed by atoms with E-state index in [9.17, 15) is 0 Å². The maximum Gasteiger partial charge on any atom is 0.0468 e. The van der Waals surface area contributed by atoms with Gasteiger partial charge < -0.3 is 9.80 Å². The molecule has 7 aromatic rings. The molecule has 0 heterocycles. The second-order valence-electron chi connectivity index (χ2n) is 17.9. The first-order chi connectivity index (χ1) is 29.0. The summed E-state index contributed by atoms with van der Waals surface area (Å²) in [5.74, 6) is 0.703. The average molecular weight is 769 g/mol. The molecule has 7 aromatic carbocycles. The lowest BCUT2D eigenvalue weighted by atomic mass is 9.65. The Morgan fingerprint density at radius 2 is 0.831 bits per heavy atom. The largest absolute Gasteiger partial charge is 0.311 e. The first-order valence-electron chi connectivity index (χ1n) is 22.3. The molecule has 2 nitrogen and oxygen atoms in total. The molecule has 2 heteroatoms. The van der Waals surface area contributed by atoms with Crippen LogP contribution in [-0.4, -0.2) is 0 Å². The van der Waals surface area contributed by atoms with Gasteiger partial charge in [0.1, 0.15) is 0 Å². The molecule has 0 radical (unpaired) electrons. The molecule has 3 aliphatic carbocycles. The van der Waals surface area contributed by atoms with Crippen molar-refractivity contribution >= 4 is 34.1 Å². The average Bonchev–Trinajstić information content (AvgIpc) is 3.53. The SMILES string of the molecule is CC1(C)c2ccccc2-c2cc(N(c3ccccc3)c3ccc(C4(c5ccc(N(c6ccccc6)c6ccc(C7CCCCC7)cc6)cc5)CCCCC4)cc3)ccc21. The standard InChI is InChI=1S/C57H56N2/c1-56(2)54-24-14-13-23-52(54)53-41-51(37-38-55(53)56)59(47-21-11-5-12-22-47)50-35-29-45(30-36-50)57(39-15-6-16-40-57)44-27-33-49(34-28-44)58(46-19-9-4-10-20-46)48-31-25-43(26-32-48)42-17-7-3-8-18-42/h4-5,9-14,19-38,41-42H,3,6-8,15-18,39-40H2,1-2H3. The lowest BCUT2D eigenvalue weighted by Crippen LogP contribution is -2.30. The van der Waals surface area contributed by atoms with Gasteiger partial charge in [-0.25, -0.2) is 0 Å². The van der Waals surface area contributed by atoms with Gasteiger partial charge in [0.25, 0.3) is 0 Å². The summed E-state index contributed by atoms with van der Waals surface area (Å²) >= 11 is 0. The highest BCUT2D eigenvalue weighted by Gasteiger charge is 2.37.